The van der Waals surface area contributed by atoms with Crippen molar-refractivity contribution in [3.63, 3.8) is 0 Å². The largest absolute Gasteiger partial charge is 0.493 e. The first-order valence-electron chi connectivity index (χ1n) is 11.1. The molecule has 2 aromatic rings. The number of anilines is 2. The minimum absolute atomic E-state index is 0.204. The number of carbonyl (C=O) groups excluding carboxylic acids is 1. The van der Waals surface area contributed by atoms with Gasteiger partial charge < -0.3 is 29.7 Å². The van der Waals surface area contributed by atoms with E-state index in [0.29, 0.717) is 36.3 Å². The second-order valence-electron chi connectivity index (χ2n) is 7.75. The Morgan fingerprint density at radius 1 is 1.00 bits per heavy atom. The Morgan fingerprint density at radius 3 is 2.33 bits per heavy atom. The molecule has 1 aromatic heterocycles. The maximum atomic E-state index is 12.2. The molecule has 1 saturated heterocycles. The molecular weight excluding hydrogens is 422 g/mol. The number of nitrogens with zero attached hydrogens (tertiary/aromatic N) is 3. The molecule has 1 aliphatic heterocycles. The van der Waals surface area contributed by atoms with Gasteiger partial charge in [-0.05, 0) is 50.0 Å². The monoisotopic (exact) mass is 455 g/mol. The average Bonchev–Trinajstić information content (AvgIpc) is 2.84. The maximum absolute atomic E-state index is 12.2. The van der Waals surface area contributed by atoms with Gasteiger partial charge in [-0.25, -0.2) is 4.98 Å². The highest BCUT2D eigenvalue weighted by atomic mass is 16.5. The van der Waals surface area contributed by atoms with Crippen LogP contribution in [-0.4, -0.2) is 63.4 Å². The average molecular weight is 456 g/mol. The Kier molecular flexibility index (Phi) is 8.74. The van der Waals surface area contributed by atoms with Gasteiger partial charge in [-0.3, -0.25) is 4.79 Å². The molecule has 2 N–H and O–H groups in total. The third-order valence-electron chi connectivity index (χ3n) is 5.34. The van der Waals surface area contributed by atoms with E-state index in [9.17, 15) is 4.79 Å². The number of aryl methyl sites for hydroxylation is 1. The smallest absolute Gasteiger partial charge is 0.244 e. The lowest BCUT2D eigenvalue weighted by Gasteiger charge is -2.28. The van der Waals surface area contributed by atoms with Crippen molar-refractivity contribution >= 4 is 23.7 Å². The van der Waals surface area contributed by atoms with E-state index in [1.807, 2.05) is 13.0 Å². The fraction of sp³-hybridized carbons (Fsp3) is 0.458. The van der Waals surface area contributed by atoms with E-state index in [0.717, 1.165) is 30.2 Å². The number of hydrogen-bond donors (Lipinski definition) is 2. The number of piperidine rings is 1. The Morgan fingerprint density at radius 2 is 1.70 bits per heavy atom. The lowest BCUT2D eigenvalue weighted by atomic mass is 10.1. The molecule has 1 amide bonds. The number of benzene rings is 1. The van der Waals surface area contributed by atoms with E-state index in [1.165, 1.54) is 25.3 Å². The van der Waals surface area contributed by atoms with Crippen molar-refractivity contribution in [2.75, 3.05) is 57.7 Å². The van der Waals surface area contributed by atoms with Crippen LogP contribution >= 0.6 is 0 Å². The molecule has 0 radical (unpaired) electrons. The second kappa shape index (κ2) is 11.9. The fourth-order valence-corrected chi connectivity index (χ4v) is 3.70. The van der Waals surface area contributed by atoms with Gasteiger partial charge in [0.1, 0.15) is 5.82 Å². The van der Waals surface area contributed by atoms with Crippen molar-refractivity contribution < 1.29 is 19.0 Å². The van der Waals surface area contributed by atoms with Crippen LogP contribution in [0.4, 0.5) is 11.8 Å². The van der Waals surface area contributed by atoms with Crippen molar-refractivity contribution in [3.05, 3.63) is 35.5 Å². The van der Waals surface area contributed by atoms with E-state index < -0.39 is 0 Å². The van der Waals surface area contributed by atoms with E-state index in [4.69, 9.17) is 14.2 Å². The molecule has 0 spiro atoms. The van der Waals surface area contributed by atoms with Gasteiger partial charge in [-0.2, -0.15) is 4.98 Å². The fourth-order valence-electron chi connectivity index (χ4n) is 3.70. The maximum Gasteiger partial charge on any atom is 0.244 e. The Hall–Kier alpha value is -3.49. The van der Waals surface area contributed by atoms with Crippen molar-refractivity contribution in [2.45, 2.75) is 26.2 Å². The number of methoxy groups -OCH3 is 3. The summed E-state index contributed by atoms with van der Waals surface area (Å²) >= 11 is 0. The summed E-state index contributed by atoms with van der Waals surface area (Å²) in [5, 5.41) is 6.06. The molecule has 1 aliphatic rings. The van der Waals surface area contributed by atoms with Gasteiger partial charge in [0.2, 0.25) is 17.6 Å². The molecule has 33 heavy (non-hydrogen) atoms. The predicted octanol–water partition coefficient (Wildman–Crippen LogP) is 3.04. The normalized spacial score (nSPS) is 13.6. The first-order chi connectivity index (χ1) is 16.0. The zero-order chi connectivity index (χ0) is 23.6. The highest BCUT2D eigenvalue weighted by Gasteiger charge is 2.14. The van der Waals surface area contributed by atoms with Gasteiger partial charge in [0, 0.05) is 44.0 Å². The molecule has 0 bridgehead atoms. The van der Waals surface area contributed by atoms with Crippen molar-refractivity contribution in [3.8, 4) is 17.2 Å². The molecule has 1 fully saturated rings. The van der Waals surface area contributed by atoms with Crippen LogP contribution in [0.5, 0.6) is 17.2 Å². The summed E-state index contributed by atoms with van der Waals surface area (Å²) in [6.45, 7) is 4.99. The van der Waals surface area contributed by atoms with Crippen molar-refractivity contribution in [2.24, 2.45) is 0 Å². The lowest BCUT2D eigenvalue weighted by molar-refractivity contribution is -0.116. The molecule has 0 aliphatic carbocycles. The summed E-state index contributed by atoms with van der Waals surface area (Å²) in [5.74, 6) is 2.91. The molecule has 178 valence electrons. The topological polar surface area (TPSA) is 97.8 Å². The van der Waals surface area contributed by atoms with Crippen LogP contribution < -0.4 is 29.7 Å². The van der Waals surface area contributed by atoms with Gasteiger partial charge in [0.15, 0.2) is 11.5 Å². The summed E-state index contributed by atoms with van der Waals surface area (Å²) < 4.78 is 16.0. The van der Waals surface area contributed by atoms with Crippen molar-refractivity contribution in [1.29, 1.82) is 0 Å². The SMILES string of the molecule is COc1cc(/C=C/C(=O)NCCNc2nc(C)cc(N3CCCCC3)n2)cc(OC)c1OC. The molecule has 0 unspecified atom stereocenters. The van der Waals surface area contributed by atoms with Crippen LogP contribution in [0.15, 0.2) is 24.3 Å². The summed E-state index contributed by atoms with van der Waals surface area (Å²) in [5.41, 5.74) is 1.68. The number of nitrogens with one attached hydrogen (secondary N) is 2. The summed E-state index contributed by atoms with van der Waals surface area (Å²) in [6.07, 6.45) is 6.84. The second-order valence-corrected chi connectivity index (χ2v) is 7.75. The Balaban J connectivity index is 1.51. The Bertz CT molecular complexity index is 948. The number of aromatic nitrogens is 2. The van der Waals surface area contributed by atoms with E-state index in [-0.39, 0.29) is 5.91 Å². The van der Waals surface area contributed by atoms with Crippen LogP contribution in [0.2, 0.25) is 0 Å². The molecule has 0 saturated carbocycles. The zero-order valence-corrected chi connectivity index (χ0v) is 19.8. The molecule has 1 aromatic carbocycles. The number of amides is 1. The van der Waals surface area contributed by atoms with Gasteiger partial charge in [-0.15, -0.1) is 0 Å². The predicted molar refractivity (Wildman–Crippen MR) is 129 cm³/mol. The van der Waals surface area contributed by atoms with Crippen LogP contribution in [-0.2, 0) is 4.79 Å². The minimum atomic E-state index is -0.204. The van der Waals surface area contributed by atoms with Gasteiger partial charge in [0.05, 0.1) is 21.3 Å². The van der Waals surface area contributed by atoms with Crippen LogP contribution in [0.25, 0.3) is 6.08 Å². The number of carbonyl (C=O) groups is 1. The van der Waals surface area contributed by atoms with Crippen LogP contribution in [0, 0.1) is 6.92 Å². The molecule has 0 atom stereocenters. The first kappa shape index (κ1) is 24.2. The van der Waals surface area contributed by atoms with E-state index in [2.05, 4.69) is 25.5 Å². The van der Waals surface area contributed by atoms with Gasteiger partial charge in [-0.1, -0.05) is 0 Å². The molecule has 9 nitrogen and oxygen atoms in total. The minimum Gasteiger partial charge on any atom is -0.493 e. The number of hydrogen-bond acceptors (Lipinski definition) is 8. The number of ether oxygens (including phenoxy) is 3. The molecule has 2 heterocycles. The summed E-state index contributed by atoms with van der Waals surface area (Å²) in [6, 6.07) is 5.58. The van der Waals surface area contributed by atoms with E-state index >= 15 is 0 Å². The molecule has 3 rings (SSSR count). The Labute approximate surface area is 195 Å². The third kappa shape index (κ3) is 6.74. The summed E-state index contributed by atoms with van der Waals surface area (Å²) in [4.78, 5) is 23.6. The quantitative estimate of drug-likeness (QED) is 0.417. The highest BCUT2D eigenvalue weighted by Crippen LogP contribution is 2.38. The zero-order valence-electron chi connectivity index (χ0n) is 19.8. The molecular formula is C24H33N5O4. The van der Waals surface area contributed by atoms with E-state index in [1.54, 1.807) is 39.5 Å². The third-order valence-corrected chi connectivity index (χ3v) is 5.34. The van der Waals surface area contributed by atoms with Crippen molar-refractivity contribution in [1.82, 2.24) is 15.3 Å². The van der Waals surface area contributed by atoms with Crippen LogP contribution in [0.1, 0.15) is 30.5 Å². The highest BCUT2D eigenvalue weighted by molar-refractivity contribution is 5.91. The van der Waals surface area contributed by atoms with Crippen LogP contribution in [0.3, 0.4) is 0 Å². The van der Waals surface area contributed by atoms with Gasteiger partial charge in [0.25, 0.3) is 0 Å². The number of rotatable bonds is 10. The van der Waals surface area contributed by atoms with Gasteiger partial charge >= 0.3 is 0 Å². The standard InChI is InChI=1S/C24H33N5O4/c1-17-14-21(29-12-6-5-7-13-29)28-24(27-17)26-11-10-25-22(30)9-8-18-15-19(31-2)23(33-4)20(16-18)32-3/h8-9,14-16H,5-7,10-13H2,1-4H3,(H,25,30)(H,26,27,28)/b9-8+. The summed E-state index contributed by atoms with van der Waals surface area (Å²) in [7, 11) is 4.66. The molecule has 9 heteroatoms. The first-order valence-corrected chi connectivity index (χ1v) is 11.1. The lowest BCUT2D eigenvalue weighted by Crippen LogP contribution is -2.31.